The summed E-state index contributed by atoms with van der Waals surface area (Å²) in [5, 5.41) is 11.4. The zero-order valence-corrected chi connectivity index (χ0v) is 18.0. The van der Waals surface area contributed by atoms with Crippen molar-refractivity contribution >= 4 is 23.7 Å². The van der Waals surface area contributed by atoms with Gasteiger partial charge >= 0.3 is 12.1 Å². The molecule has 0 saturated carbocycles. The lowest BCUT2D eigenvalue weighted by molar-refractivity contribution is -0.137. The summed E-state index contributed by atoms with van der Waals surface area (Å²) in [4.78, 5) is 41.4. The molecule has 168 valence electrons. The fourth-order valence-electron chi connectivity index (χ4n) is 3.97. The second-order valence-electron chi connectivity index (χ2n) is 7.72. The minimum Gasteiger partial charge on any atom is -0.481 e. The Bertz CT molecular complexity index is 1160. The van der Waals surface area contributed by atoms with E-state index in [0.717, 1.165) is 22.3 Å². The molecule has 2 aromatic carbocycles. The van der Waals surface area contributed by atoms with Crippen molar-refractivity contribution in [3.05, 3.63) is 83.7 Å². The Labute approximate surface area is 190 Å². The standard InChI is InChI=1S/C25H23N3O5/c1-28(14-12-22(29)30)24(31)23-21(11-6-13-26-23)27-25(32)33-15-20-18-9-4-2-7-16(18)17-8-3-5-10-19(17)20/h2-11,13,20H,12,14-15H2,1H3,(H,27,32)(H,29,30). The number of hydrogen-bond acceptors (Lipinski definition) is 5. The van der Waals surface area contributed by atoms with E-state index in [1.165, 1.54) is 18.1 Å². The van der Waals surface area contributed by atoms with Crippen LogP contribution in [0.4, 0.5) is 10.5 Å². The highest BCUT2D eigenvalue weighted by Crippen LogP contribution is 2.44. The number of anilines is 1. The van der Waals surface area contributed by atoms with Gasteiger partial charge in [-0.25, -0.2) is 9.78 Å². The second kappa shape index (κ2) is 9.52. The first-order valence-corrected chi connectivity index (χ1v) is 10.5. The number of rotatable bonds is 7. The highest BCUT2D eigenvalue weighted by Gasteiger charge is 2.29. The van der Waals surface area contributed by atoms with Crippen molar-refractivity contribution in [1.29, 1.82) is 0 Å². The highest BCUT2D eigenvalue weighted by molar-refractivity contribution is 6.00. The van der Waals surface area contributed by atoms with Gasteiger partial charge in [-0.15, -0.1) is 0 Å². The smallest absolute Gasteiger partial charge is 0.411 e. The number of aliphatic carboxylic acids is 1. The first-order chi connectivity index (χ1) is 16.0. The molecule has 0 radical (unpaired) electrons. The third-order valence-electron chi connectivity index (χ3n) is 5.60. The average Bonchev–Trinajstić information content (AvgIpc) is 3.15. The first kappa shape index (κ1) is 22.0. The molecule has 2 amide bonds. The number of carboxylic acids is 1. The number of amides is 2. The number of hydrogen-bond donors (Lipinski definition) is 2. The summed E-state index contributed by atoms with van der Waals surface area (Å²) in [5.41, 5.74) is 4.67. The summed E-state index contributed by atoms with van der Waals surface area (Å²) in [6.45, 7) is 0.164. The molecule has 1 heterocycles. The SMILES string of the molecule is CN(CCC(=O)O)C(=O)c1ncccc1NC(=O)OCC1c2ccccc2-c2ccccc21. The molecule has 3 aromatic rings. The quantitative estimate of drug-likeness (QED) is 0.569. The number of aromatic nitrogens is 1. The summed E-state index contributed by atoms with van der Waals surface area (Å²) >= 11 is 0. The van der Waals surface area contributed by atoms with Crippen molar-refractivity contribution < 1.29 is 24.2 Å². The Balaban J connectivity index is 1.44. The molecule has 0 fully saturated rings. The van der Waals surface area contributed by atoms with Crippen LogP contribution in [0.3, 0.4) is 0 Å². The Morgan fingerprint density at radius 3 is 2.27 bits per heavy atom. The van der Waals surface area contributed by atoms with Crippen LogP contribution in [0, 0.1) is 0 Å². The van der Waals surface area contributed by atoms with E-state index in [4.69, 9.17) is 9.84 Å². The van der Waals surface area contributed by atoms with Gasteiger partial charge in [0, 0.05) is 25.7 Å². The third kappa shape index (κ3) is 4.69. The summed E-state index contributed by atoms with van der Waals surface area (Å²) in [5.74, 6) is -1.58. The van der Waals surface area contributed by atoms with Gasteiger partial charge in [-0.3, -0.25) is 14.9 Å². The minimum absolute atomic E-state index is 0.0129. The number of carbonyl (C=O) groups is 3. The van der Waals surface area contributed by atoms with Gasteiger partial charge in [0.25, 0.3) is 5.91 Å². The summed E-state index contributed by atoms with van der Waals surface area (Å²) in [7, 11) is 1.48. The van der Waals surface area contributed by atoms with Crippen molar-refractivity contribution in [2.45, 2.75) is 12.3 Å². The number of nitrogens with one attached hydrogen (secondary N) is 1. The molecule has 8 nitrogen and oxygen atoms in total. The van der Waals surface area contributed by atoms with Crippen LogP contribution in [-0.4, -0.2) is 53.2 Å². The van der Waals surface area contributed by atoms with E-state index in [2.05, 4.69) is 22.4 Å². The summed E-state index contributed by atoms with van der Waals surface area (Å²) < 4.78 is 5.54. The van der Waals surface area contributed by atoms with Crippen LogP contribution in [0.2, 0.25) is 0 Å². The van der Waals surface area contributed by atoms with Crippen molar-refractivity contribution in [2.24, 2.45) is 0 Å². The number of benzene rings is 2. The molecule has 0 atom stereocenters. The van der Waals surface area contributed by atoms with Crippen LogP contribution in [0.5, 0.6) is 0 Å². The van der Waals surface area contributed by atoms with Gasteiger partial charge in [0.15, 0.2) is 5.69 Å². The topological polar surface area (TPSA) is 109 Å². The molecule has 0 bridgehead atoms. The fourth-order valence-corrected chi connectivity index (χ4v) is 3.97. The van der Waals surface area contributed by atoms with Gasteiger partial charge in [-0.2, -0.15) is 0 Å². The van der Waals surface area contributed by atoms with E-state index in [1.807, 2.05) is 36.4 Å². The molecule has 2 N–H and O–H groups in total. The maximum Gasteiger partial charge on any atom is 0.411 e. The van der Waals surface area contributed by atoms with Gasteiger partial charge in [-0.1, -0.05) is 48.5 Å². The van der Waals surface area contributed by atoms with Crippen LogP contribution in [0.25, 0.3) is 11.1 Å². The number of pyridine rings is 1. The molecular weight excluding hydrogens is 422 g/mol. The maximum atomic E-state index is 12.7. The Hall–Kier alpha value is -4.20. The van der Waals surface area contributed by atoms with E-state index < -0.39 is 18.0 Å². The van der Waals surface area contributed by atoms with E-state index >= 15 is 0 Å². The fraction of sp³-hybridized carbons (Fsp3) is 0.200. The van der Waals surface area contributed by atoms with E-state index in [0.29, 0.717) is 0 Å². The Kier molecular flexibility index (Phi) is 6.35. The molecule has 1 aliphatic rings. The van der Waals surface area contributed by atoms with Gasteiger partial charge in [-0.05, 0) is 34.4 Å². The summed E-state index contributed by atoms with van der Waals surface area (Å²) in [6, 6.07) is 19.2. The molecule has 0 spiro atoms. The zero-order valence-electron chi connectivity index (χ0n) is 18.0. The monoisotopic (exact) mass is 445 g/mol. The number of nitrogens with zero attached hydrogens (tertiary/aromatic N) is 2. The normalized spacial score (nSPS) is 11.9. The van der Waals surface area contributed by atoms with Crippen LogP contribution >= 0.6 is 0 Å². The van der Waals surface area contributed by atoms with Gasteiger partial charge in [0.2, 0.25) is 0 Å². The highest BCUT2D eigenvalue weighted by atomic mass is 16.5. The van der Waals surface area contributed by atoms with Crippen molar-refractivity contribution in [2.75, 3.05) is 25.5 Å². The largest absolute Gasteiger partial charge is 0.481 e. The lowest BCUT2D eigenvalue weighted by Crippen LogP contribution is -2.31. The Morgan fingerprint density at radius 1 is 1.00 bits per heavy atom. The predicted molar refractivity (Wildman–Crippen MR) is 122 cm³/mol. The average molecular weight is 445 g/mol. The van der Waals surface area contributed by atoms with Gasteiger partial charge in [0.05, 0.1) is 12.1 Å². The number of carbonyl (C=O) groups excluding carboxylic acids is 2. The van der Waals surface area contributed by atoms with Crippen LogP contribution in [0.1, 0.15) is 34.0 Å². The van der Waals surface area contributed by atoms with Crippen LogP contribution in [-0.2, 0) is 9.53 Å². The number of carboxylic acid groups (broad SMARTS) is 1. The molecule has 0 aliphatic heterocycles. The molecule has 4 rings (SSSR count). The van der Waals surface area contributed by atoms with E-state index in [9.17, 15) is 14.4 Å². The molecular formula is C25H23N3O5. The lowest BCUT2D eigenvalue weighted by atomic mass is 9.98. The van der Waals surface area contributed by atoms with Crippen LogP contribution < -0.4 is 5.32 Å². The Morgan fingerprint density at radius 2 is 1.64 bits per heavy atom. The molecule has 0 unspecified atom stereocenters. The molecule has 1 aromatic heterocycles. The van der Waals surface area contributed by atoms with E-state index in [-0.39, 0.29) is 36.9 Å². The minimum atomic E-state index is -1.01. The number of ether oxygens (including phenoxy) is 1. The molecule has 0 saturated heterocycles. The predicted octanol–water partition coefficient (Wildman–Crippen LogP) is 3.99. The molecule has 8 heteroatoms. The van der Waals surface area contributed by atoms with Gasteiger partial charge < -0.3 is 14.7 Å². The van der Waals surface area contributed by atoms with Crippen molar-refractivity contribution in [3.63, 3.8) is 0 Å². The van der Waals surface area contributed by atoms with Crippen molar-refractivity contribution in [1.82, 2.24) is 9.88 Å². The van der Waals surface area contributed by atoms with Gasteiger partial charge in [0.1, 0.15) is 6.61 Å². The van der Waals surface area contributed by atoms with E-state index in [1.54, 1.807) is 12.1 Å². The molecule has 1 aliphatic carbocycles. The van der Waals surface area contributed by atoms with Crippen LogP contribution in [0.15, 0.2) is 66.9 Å². The van der Waals surface area contributed by atoms with Crippen molar-refractivity contribution in [3.8, 4) is 11.1 Å². The second-order valence-corrected chi connectivity index (χ2v) is 7.72. The first-order valence-electron chi connectivity index (χ1n) is 10.5. The third-order valence-corrected chi connectivity index (χ3v) is 5.60. The maximum absolute atomic E-state index is 12.7. The zero-order chi connectivity index (χ0) is 23.4. The number of fused-ring (bicyclic) bond motifs is 3. The molecule has 33 heavy (non-hydrogen) atoms. The lowest BCUT2D eigenvalue weighted by Gasteiger charge is -2.18. The summed E-state index contributed by atoms with van der Waals surface area (Å²) in [6.07, 6.45) is 0.540.